The van der Waals surface area contributed by atoms with Crippen LogP contribution >= 0.6 is 15.9 Å². The number of piperidine rings is 1. The Balaban J connectivity index is 1.78. The van der Waals surface area contributed by atoms with Crippen molar-refractivity contribution in [3.8, 4) is 0 Å². The molecular formula is C17H23BrN2O2. The molecule has 4 nitrogen and oxygen atoms in total. The number of halogens is 1. The van der Waals surface area contributed by atoms with Crippen LogP contribution in [-0.2, 0) is 14.9 Å². The molecule has 3 rings (SSSR count). The van der Waals surface area contributed by atoms with Gasteiger partial charge in [0.25, 0.3) is 0 Å². The third-order valence-corrected chi connectivity index (χ3v) is 5.45. The molecule has 0 aromatic heterocycles. The largest absolute Gasteiger partial charge is 0.469 e. The van der Waals surface area contributed by atoms with E-state index in [2.05, 4.69) is 44.3 Å². The van der Waals surface area contributed by atoms with Gasteiger partial charge in [-0.15, -0.1) is 0 Å². The molecule has 1 N–H and O–H groups in total. The van der Waals surface area contributed by atoms with E-state index in [-0.39, 0.29) is 11.4 Å². The van der Waals surface area contributed by atoms with Crippen molar-refractivity contribution in [3.63, 3.8) is 0 Å². The molecule has 0 aliphatic carbocycles. The molecule has 120 valence electrons. The highest BCUT2D eigenvalue weighted by molar-refractivity contribution is 9.10. The quantitative estimate of drug-likeness (QED) is 0.831. The average Bonchev–Trinajstić information content (AvgIpc) is 2.81. The molecule has 0 radical (unpaired) electrons. The summed E-state index contributed by atoms with van der Waals surface area (Å²) in [5.41, 5.74) is 3.09. The molecule has 5 heteroatoms. The molecule has 2 aliphatic heterocycles. The highest BCUT2D eigenvalue weighted by Crippen LogP contribution is 2.46. The predicted molar refractivity (Wildman–Crippen MR) is 91.4 cm³/mol. The van der Waals surface area contributed by atoms with Crippen LogP contribution in [0.4, 0.5) is 5.69 Å². The molecule has 2 aliphatic rings. The molecular weight excluding hydrogens is 344 g/mol. The number of benzene rings is 1. The lowest BCUT2D eigenvalue weighted by atomic mass is 9.75. The zero-order chi connectivity index (χ0) is 15.6. The maximum atomic E-state index is 11.3. The first kappa shape index (κ1) is 15.8. The number of nitrogens with zero attached hydrogens (tertiary/aromatic N) is 1. The molecule has 1 spiro atoms. The van der Waals surface area contributed by atoms with Crippen molar-refractivity contribution >= 4 is 27.6 Å². The minimum Gasteiger partial charge on any atom is -0.469 e. The molecule has 22 heavy (non-hydrogen) atoms. The Hall–Kier alpha value is -1.07. The van der Waals surface area contributed by atoms with E-state index in [1.807, 2.05) is 0 Å². The fraction of sp³-hybridized carbons (Fsp3) is 0.588. The van der Waals surface area contributed by atoms with Gasteiger partial charge in [-0.05, 0) is 56.1 Å². The lowest BCUT2D eigenvalue weighted by Crippen LogP contribution is -2.43. The third-order valence-electron chi connectivity index (χ3n) is 4.96. The number of esters is 1. The fourth-order valence-corrected chi connectivity index (χ4v) is 4.15. The summed E-state index contributed by atoms with van der Waals surface area (Å²) in [6, 6.07) is 6.63. The molecule has 0 bridgehead atoms. The monoisotopic (exact) mass is 366 g/mol. The lowest BCUT2D eigenvalue weighted by Gasteiger charge is -2.35. The molecule has 0 amide bonds. The Morgan fingerprint density at radius 1 is 1.41 bits per heavy atom. The molecule has 2 heterocycles. The molecule has 1 aromatic rings. The highest BCUT2D eigenvalue weighted by Gasteiger charge is 2.43. The van der Waals surface area contributed by atoms with Crippen LogP contribution in [0.25, 0.3) is 0 Å². The number of methoxy groups -OCH3 is 1. The van der Waals surface area contributed by atoms with Crippen LogP contribution in [0.15, 0.2) is 22.7 Å². The number of carbonyl (C=O) groups is 1. The fourth-order valence-electron chi connectivity index (χ4n) is 3.79. The van der Waals surface area contributed by atoms with Crippen molar-refractivity contribution < 1.29 is 9.53 Å². The second-order valence-corrected chi connectivity index (χ2v) is 7.21. The summed E-state index contributed by atoms with van der Waals surface area (Å²) in [5.74, 6) is -0.119. The van der Waals surface area contributed by atoms with Crippen LogP contribution in [0.2, 0.25) is 0 Å². The van der Waals surface area contributed by atoms with Crippen molar-refractivity contribution in [3.05, 3.63) is 28.2 Å². The molecule has 0 saturated carbocycles. The lowest BCUT2D eigenvalue weighted by molar-refractivity contribution is -0.140. The summed E-state index contributed by atoms with van der Waals surface area (Å²) in [5, 5.41) is 3.47. The summed E-state index contributed by atoms with van der Waals surface area (Å²) in [7, 11) is 1.45. The van der Waals surface area contributed by atoms with E-state index in [4.69, 9.17) is 4.74 Å². The van der Waals surface area contributed by atoms with Gasteiger partial charge in [-0.3, -0.25) is 4.79 Å². The topological polar surface area (TPSA) is 41.6 Å². The van der Waals surface area contributed by atoms with E-state index in [9.17, 15) is 4.79 Å². The number of rotatable bonds is 4. The Morgan fingerprint density at radius 3 is 2.91 bits per heavy atom. The van der Waals surface area contributed by atoms with Gasteiger partial charge in [0.15, 0.2) is 0 Å². The van der Waals surface area contributed by atoms with Crippen LogP contribution in [0, 0.1) is 0 Å². The SMILES string of the molecule is COC(=O)CCCN1CC2(CCNCC2)c2cc(Br)ccc21. The zero-order valence-corrected chi connectivity index (χ0v) is 14.6. The number of carbonyl (C=O) groups excluding carboxylic acids is 1. The zero-order valence-electron chi connectivity index (χ0n) is 13.0. The highest BCUT2D eigenvalue weighted by atomic mass is 79.9. The van der Waals surface area contributed by atoms with Crippen LogP contribution in [0.5, 0.6) is 0 Å². The standard InChI is InChI=1S/C17H23BrN2O2/c1-22-16(21)3-2-10-20-12-17(6-8-19-9-7-17)14-11-13(18)4-5-15(14)20/h4-5,11,19H,2-3,6-10,12H2,1H3. The number of ether oxygens (including phenoxy) is 1. The molecule has 1 fully saturated rings. The smallest absolute Gasteiger partial charge is 0.305 e. The minimum absolute atomic E-state index is 0.119. The summed E-state index contributed by atoms with van der Waals surface area (Å²) in [6.07, 6.45) is 3.71. The van der Waals surface area contributed by atoms with Gasteiger partial charge in [-0.1, -0.05) is 15.9 Å². The van der Waals surface area contributed by atoms with E-state index < -0.39 is 0 Å². The van der Waals surface area contributed by atoms with Crippen LogP contribution in [-0.4, -0.2) is 39.3 Å². The van der Waals surface area contributed by atoms with Crippen LogP contribution < -0.4 is 10.2 Å². The second kappa shape index (κ2) is 6.59. The number of hydrogen-bond acceptors (Lipinski definition) is 4. The van der Waals surface area contributed by atoms with E-state index in [0.717, 1.165) is 37.1 Å². The summed E-state index contributed by atoms with van der Waals surface area (Å²) in [4.78, 5) is 13.8. The average molecular weight is 367 g/mol. The van der Waals surface area contributed by atoms with Crippen LogP contribution in [0.1, 0.15) is 31.2 Å². The normalized spacial score (nSPS) is 19.3. The van der Waals surface area contributed by atoms with Crippen molar-refractivity contribution in [1.29, 1.82) is 0 Å². The van der Waals surface area contributed by atoms with Crippen molar-refractivity contribution in [2.75, 3.05) is 38.2 Å². The van der Waals surface area contributed by atoms with Gasteiger partial charge in [0.1, 0.15) is 0 Å². The van der Waals surface area contributed by atoms with Crippen molar-refractivity contribution in [2.45, 2.75) is 31.1 Å². The van der Waals surface area contributed by atoms with E-state index in [0.29, 0.717) is 6.42 Å². The third kappa shape index (κ3) is 3.01. The van der Waals surface area contributed by atoms with Gasteiger partial charge in [-0.2, -0.15) is 0 Å². The van der Waals surface area contributed by atoms with Gasteiger partial charge in [0.2, 0.25) is 0 Å². The van der Waals surface area contributed by atoms with Crippen LogP contribution in [0.3, 0.4) is 0 Å². The maximum absolute atomic E-state index is 11.3. The van der Waals surface area contributed by atoms with Crippen molar-refractivity contribution in [1.82, 2.24) is 5.32 Å². The Kier molecular flexibility index (Phi) is 4.73. The van der Waals surface area contributed by atoms with Gasteiger partial charge in [-0.25, -0.2) is 0 Å². The van der Waals surface area contributed by atoms with Gasteiger partial charge in [0.05, 0.1) is 7.11 Å². The molecule has 0 unspecified atom stereocenters. The number of hydrogen-bond donors (Lipinski definition) is 1. The predicted octanol–water partition coefficient (Wildman–Crippen LogP) is 2.84. The molecule has 1 aromatic carbocycles. The van der Waals surface area contributed by atoms with E-state index in [1.54, 1.807) is 0 Å². The molecule has 0 atom stereocenters. The summed E-state index contributed by atoms with van der Waals surface area (Å²) >= 11 is 3.62. The first-order valence-electron chi connectivity index (χ1n) is 7.97. The minimum atomic E-state index is -0.119. The van der Waals surface area contributed by atoms with E-state index in [1.165, 1.54) is 31.2 Å². The van der Waals surface area contributed by atoms with Gasteiger partial charge in [0, 0.05) is 35.1 Å². The Morgan fingerprint density at radius 2 is 2.18 bits per heavy atom. The summed E-state index contributed by atoms with van der Waals surface area (Å²) < 4.78 is 5.89. The number of nitrogens with one attached hydrogen (secondary N) is 1. The summed E-state index contributed by atoms with van der Waals surface area (Å²) in [6.45, 7) is 4.16. The number of fused-ring (bicyclic) bond motifs is 2. The van der Waals surface area contributed by atoms with Crippen molar-refractivity contribution in [2.24, 2.45) is 0 Å². The first-order valence-corrected chi connectivity index (χ1v) is 8.76. The van der Waals surface area contributed by atoms with E-state index >= 15 is 0 Å². The Labute approximate surface area is 140 Å². The first-order chi connectivity index (χ1) is 10.6. The Bertz CT molecular complexity index is 556. The van der Waals surface area contributed by atoms with Gasteiger partial charge >= 0.3 is 5.97 Å². The van der Waals surface area contributed by atoms with Gasteiger partial charge < -0.3 is 15.0 Å². The number of anilines is 1. The molecule has 1 saturated heterocycles. The second-order valence-electron chi connectivity index (χ2n) is 6.29. The maximum Gasteiger partial charge on any atom is 0.305 e.